The lowest BCUT2D eigenvalue weighted by Gasteiger charge is -2.38. The maximum Gasteiger partial charge on any atom is 0.0204 e. The fourth-order valence-electron chi connectivity index (χ4n) is 3.42. The standard InChI is InChI=1S/C18H29N/c1-16(2)18(13-7-4-8-15-19-18)14-9-12-17-10-5-3-6-11-17/h3,5-6,10-11,16,19H,4,7-9,12-15H2,1-2H3. The molecule has 1 saturated heterocycles. The fourth-order valence-corrected chi connectivity index (χ4v) is 3.42. The van der Waals surface area contributed by atoms with Gasteiger partial charge in [-0.15, -0.1) is 0 Å². The van der Waals surface area contributed by atoms with Gasteiger partial charge in [-0.2, -0.15) is 0 Å². The van der Waals surface area contributed by atoms with Crippen LogP contribution in [-0.4, -0.2) is 12.1 Å². The first kappa shape index (κ1) is 14.6. The van der Waals surface area contributed by atoms with Crippen LogP contribution in [0.2, 0.25) is 0 Å². The van der Waals surface area contributed by atoms with E-state index in [1.165, 1.54) is 57.1 Å². The number of aryl methyl sites for hydroxylation is 1. The Morgan fingerprint density at radius 1 is 1.11 bits per heavy atom. The van der Waals surface area contributed by atoms with E-state index < -0.39 is 0 Å². The Morgan fingerprint density at radius 3 is 2.63 bits per heavy atom. The van der Waals surface area contributed by atoms with Gasteiger partial charge in [-0.05, 0) is 50.1 Å². The van der Waals surface area contributed by atoms with Crippen molar-refractivity contribution in [3.8, 4) is 0 Å². The van der Waals surface area contributed by atoms with Gasteiger partial charge in [0.25, 0.3) is 0 Å². The molecule has 0 saturated carbocycles. The van der Waals surface area contributed by atoms with Gasteiger partial charge in [0.05, 0.1) is 0 Å². The predicted octanol–water partition coefficient (Wildman–Crippen LogP) is 4.57. The highest BCUT2D eigenvalue weighted by atomic mass is 15.0. The van der Waals surface area contributed by atoms with Gasteiger partial charge < -0.3 is 5.32 Å². The van der Waals surface area contributed by atoms with Crippen molar-refractivity contribution in [2.24, 2.45) is 5.92 Å². The highest BCUT2D eigenvalue weighted by molar-refractivity contribution is 5.14. The van der Waals surface area contributed by atoms with Crippen molar-refractivity contribution in [3.05, 3.63) is 35.9 Å². The van der Waals surface area contributed by atoms with E-state index in [9.17, 15) is 0 Å². The van der Waals surface area contributed by atoms with Crippen LogP contribution >= 0.6 is 0 Å². The summed E-state index contributed by atoms with van der Waals surface area (Å²) in [7, 11) is 0. The minimum absolute atomic E-state index is 0.394. The largest absolute Gasteiger partial charge is 0.311 e. The van der Waals surface area contributed by atoms with Gasteiger partial charge in [-0.1, -0.05) is 57.0 Å². The number of hydrogen-bond acceptors (Lipinski definition) is 1. The zero-order chi connectivity index (χ0) is 13.6. The van der Waals surface area contributed by atoms with E-state index >= 15 is 0 Å². The molecule has 1 aliphatic heterocycles. The molecular weight excluding hydrogens is 230 g/mol. The highest BCUT2D eigenvalue weighted by Gasteiger charge is 2.32. The molecule has 19 heavy (non-hydrogen) atoms. The van der Waals surface area contributed by atoms with Crippen molar-refractivity contribution in [1.82, 2.24) is 5.32 Å². The second-order valence-electron chi connectivity index (χ2n) is 6.39. The molecule has 1 unspecified atom stereocenters. The van der Waals surface area contributed by atoms with E-state index in [-0.39, 0.29) is 0 Å². The van der Waals surface area contributed by atoms with Gasteiger partial charge in [0.15, 0.2) is 0 Å². The quantitative estimate of drug-likeness (QED) is 0.817. The molecule has 1 heteroatoms. The van der Waals surface area contributed by atoms with Crippen LogP contribution in [0.5, 0.6) is 0 Å². The number of benzene rings is 1. The van der Waals surface area contributed by atoms with Crippen molar-refractivity contribution in [3.63, 3.8) is 0 Å². The van der Waals surface area contributed by atoms with E-state index in [2.05, 4.69) is 49.5 Å². The monoisotopic (exact) mass is 259 g/mol. The van der Waals surface area contributed by atoms with E-state index in [0.717, 1.165) is 5.92 Å². The third kappa shape index (κ3) is 4.07. The van der Waals surface area contributed by atoms with Crippen LogP contribution in [0.1, 0.15) is 57.9 Å². The third-order valence-electron chi connectivity index (χ3n) is 4.81. The topological polar surface area (TPSA) is 12.0 Å². The summed E-state index contributed by atoms with van der Waals surface area (Å²) in [6, 6.07) is 10.9. The third-order valence-corrected chi connectivity index (χ3v) is 4.81. The maximum atomic E-state index is 3.88. The normalized spacial score (nSPS) is 24.4. The molecule has 0 aliphatic carbocycles. The second kappa shape index (κ2) is 7.09. The van der Waals surface area contributed by atoms with Crippen molar-refractivity contribution in [2.75, 3.05) is 6.54 Å². The number of nitrogens with one attached hydrogen (secondary N) is 1. The van der Waals surface area contributed by atoms with Crippen molar-refractivity contribution in [2.45, 2.75) is 64.3 Å². The van der Waals surface area contributed by atoms with E-state index in [1.54, 1.807) is 0 Å². The van der Waals surface area contributed by atoms with E-state index in [4.69, 9.17) is 0 Å². The lowest BCUT2D eigenvalue weighted by molar-refractivity contribution is 0.206. The van der Waals surface area contributed by atoms with E-state index in [1.807, 2.05) is 0 Å². The first-order valence-corrected chi connectivity index (χ1v) is 8.02. The van der Waals surface area contributed by atoms with Crippen LogP contribution in [0.15, 0.2) is 30.3 Å². The molecule has 1 aromatic carbocycles. The van der Waals surface area contributed by atoms with Gasteiger partial charge in [0, 0.05) is 5.54 Å². The summed E-state index contributed by atoms with van der Waals surface area (Å²) in [6.07, 6.45) is 9.36. The van der Waals surface area contributed by atoms with Crippen LogP contribution in [-0.2, 0) is 6.42 Å². The molecule has 0 spiro atoms. The van der Waals surface area contributed by atoms with Gasteiger partial charge in [0.2, 0.25) is 0 Å². The van der Waals surface area contributed by atoms with Gasteiger partial charge >= 0.3 is 0 Å². The summed E-state index contributed by atoms with van der Waals surface area (Å²) in [5.41, 5.74) is 1.88. The second-order valence-corrected chi connectivity index (χ2v) is 6.39. The Balaban J connectivity index is 1.90. The molecule has 1 nitrogen and oxygen atoms in total. The molecule has 0 amide bonds. The Morgan fingerprint density at radius 2 is 1.89 bits per heavy atom. The van der Waals surface area contributed by atoms with Crippen LogP contribution in [0, 0.1) is 5.92 Å². The first-order chi connectivity index (χ1) is 9.23. The van der Waals surface area contributed by atoms with Gasteiger partial charge in [-0.25, -0.2) is 0 Å². The molecule has 1 heterocycles. The lowest BCUT2D eigenvalue weighted by Crippen LogP contribution is -2.49. The van der Waals surface area contributed by atoms with Crippen LogP contribution in [0.25, 0.3) is 0 Å². The minimum atomic E-state index is 0.394. The van der Waals surface area contributed by atoms with Crippen molar-refractivity contribution in [1.29, 1.82) is 0 Å². The van der Waals surface area contributed by atoms with Gasteiger partial charge in [-0.3, -0.25) is 0 Å². The zero-order valence-corrected chi connectivity index (χ0v) is 12.6. The smallest absolute Gasteiger partial charge is 0.0204 e. The lowest BCUT2D eigenvalue weighted by atomic mass is 9.78. The molecule has 2 rings (SSSR count). The molecule has 1 aromatic rings. The number of rotatable bonds is 5. The molecule has 1 fully saturated rings. The van der Waals surface area contributed by atoms with Crippen LogP contribution in [0.3, 0.4) is 0 Å². The summed E-state index contributed by atoms with van der Waals surface area (Å²) < 4.78 is 0. The van der Waals surface area contributed by atoms with Crippen molar-refractivity contribution >= 4 is 0 Å². The molecule has 106 valence electrons. The summed E-state index contributed by atoms with van der Waals surface area (Å²) in [6.45, 7) is 5.99. The first-order valence-electron chi connectivity index (χ1n) is 8.02. The summed E-state index contributed by atoms with van der Waals surface area (Å²) in [5.74, 6) is 0.737. The molecule has 1 atom stereocenters. The predicted molar refractivity (Wildman–Crippen MR) is 83.4 cm³/mol. The highest BCUT2D eigenvalue weighted by Crippen LogP contribution is 2.31. The maximum absolute atomic E-state index is 3.88. The number of hydrogen-bond donors (Lipinski definition) is 1. The molecule has 0 bridgehead atoms. The summed E-state index contributed by atoms with van der Waals surface area (Å²) >= 11 is 0. The molecule has 0 radical (unpaired) electrons. The molecule has 1 aliphatic rings. The van der Waals surface area contributed by atoms with Crippen LogP contribution < -0.4 is 5.32 Å². The Bertz CT molecular complexity index is 347. The Labute approximate surface area is 118 Å². The average molecular weight is 259 g/mol. The van der Waals surface area contributed by atoms with E-state index in [0.29, 0.717) is 5.54 Å². The van der Waals surface area contributed by atoms with Gasteiger partial charge in [0.1, 0.15) is 0 Å². The fraction of sp³-hybridized carbons (Fsp3) is 0.667. The summed E-state index contributed by atoms with van der Waals surface area (Å²) in [4.78, 5) is 0. The SMILES string of the molecule is CC(C)C1(CCCc2ccccc2)CCCCCN1. The molecule has 1 N–H and O–H groups in total. The Kier molecular flexibility index (Phi) is 5.45. The minimum Gasteiger partial charge on any atom is -0.311 e. The molecule has 0 aromatic heterocycles. The molecular formula is C18H29N. The average Bonchev–Trinajstić information content (AvgIpc) is 2.67. The van der Waals surface area contributed by atoms with Crippen molar-refractivity contribution < 1.29 is 0 Å². The van der Waals surface area contributed by atoms with Crippen LogP contribution in [0.4, 0.5) is 0 Å². The zero-order valence-electron chi connectivity index (χ0n) is 12.6. The Hall–Kier alpha value is -0.820. The summed E-state index contributed by atoms with van der Waals surface area (Å²) in [5, 5.41) is 3.88.